The first-order valence-corrected chi connectivity index (χ1v) is 7.14. The summed E-state index contributed by atoms with van der Waals surface area (Å²) in [4.78, 5) is 0. The van der Waals surface area contributed by atoms with E-state index in [1.54, 1.807) is 12.1 Å². The zero-order chi connectivity index (χ0) is 15.4. The van der Waals surface area contributed by atoms with Crippen LogP contribution in [0.1, 0.15) is 0 Å². The van der Waals surface area contributed by atoms with Crippen molar-refractivity contribution in [2.24, 2.45) is 0 Å². The third-order valence-electron chi connectivity index (χ3n) is 3.49. The highest BCUT2D eigenvalue weighted by Crippen LogP contribution is 2.25. The molecule has 2 nitrogen and oxygen atoms in total. The molecule has 0 amide bonds. The van der Waals surface area contributed by atoms with Crippen molar-refractivity contribution in [3.8, 4) is 5.75 Å². The van der Waals surface area contributed by atoms with Gasteiger partial charge in [-0.2, -0.15) is 0 Å². The summed E-state index contributed by atoms with van der Waals surface area (Å²) in [6.07, 6.45) is 0. The van der Waals surface area contributed by atoms with Crippen LogP contribution in [0.25, 0.3) is 21.5 Å². The topological polar surface area (TPSA) is 46.2 Å². The van der Waals surface area contributed by atoms with Crippen LogP contribution in [0.5, 0.6) is 5.75 Å². The van der Waals surface area contributed by atoms with Crippen molar-refractivity contribution in [2.45, 2.75) is 0 Å². The fourth-order valence-corrected chi connectivity index (χ4v) is 2.38. The molecule has 0 aromatic heterocycles. The summed E-state index contributed by atoms with van der Waals surface area (Å²) in [5, 5.41) is 14.1. The summed E-state index contributed by atoms with van der Waals surface area (Å²) in [5.41, 5.74) is 6.18. The predicted molar refractivity (Wildman–Crippen MR) is 94.0 cm³/mol. The van der Waals surface area contributed by atoms with Crippen molar-refractivity contribution in [3.63, 3.8) is 0 Å². The maximum absolute atomic E-state index is 9.40. The molecule has 0 unspecified atom stereocenters. The molecule has 4 rings (SSSR count). The highest BCUT2D eigenvalue weighted by atomic mass is 16.3. The molecule has 4 aromatic rings. The minimum absolute atomic E-state index is 0.317. The van der Waals surface area contributed by atoms with Gasteiger partial charge in [-0.25, -0.2) is 0 Å². The van der Waals surface area contributed by atoms with E-state index < -0.39 is 0 Å². The third kappa shape index (κ3) is 3.18. The van der Waals surface area contributed by atoms with Crippen LogP contribution in [-0.2, 0) is 0 Å². The molecule has 0 spiro atoms. The number of fused-ring (bicyclic) bond motifs is 2. The number of hydrogen-bond donors (Lipinski definition) is 2. The molecule has 22 heavy (non-hydrogen) atoms. The number of hydrogen-bond acceptors (Lipinski definition) is 2. The summed E-state index contributed by atoms with van der Waals surface area (Å²) in [5.74, 6) is 0.317. The van der Waals surface area contributed by atoms with E-state index in [-0.39, 0.29) is 0 Å². The van der Waals surface area contributed by atoms with E-state index in [1.807, 2.05) is 48.5 Å². The Labute approximate surface area is 129 Å². The number of nitrogens with two attached hydrogens (primary N) is 1. The second-order valence-corrected chi connectivity index (χ2v) is 5.14. The van der Waals surface area contributed by atoms with Crippen LogP contribution >= 0.6 is 0 Å². The van der Waals surface area contributed by atoms with Gasteiger partial charge in [0.05, 0.1) is 0 Å². The Kier molecular flexibility index (Phi) is 3.92. The Bertz CT molecular complexity index is 901. The number of phenols is 1. The zero-order valence-electron chi connectivity index (χ0n) is 12.1. The third-order valence-corrected chi connectivity index (χ3v) is 3.49. The van der Waals surface area contributed by atoms with Crippen molar-refractivity contribution in [2.75, 3.05) is 5.73 Å². The van der Waals surface area contributed by atoms with E-state index in [0.717, 1.165) is 16.5 Å². The maximum atomic E-state index is 9.40. The fraction of sp³-hybridized carbons (Fsp3) is 0. The van der Waals surface area contributed by atoms with Gasteiger partial charge in [0, 0.05) is 5.69 Å². The number of para-hydroxylation sites is 1. The van der Waals surface area contributed by atoms with Crippen molar-refractivity contribution >= 4 is 27.2 Å². The van der Waals surface area contributed by atoms with Gasteiger partial charge in [-0.3, -0.25) is 0 Å². The zero-order valence-corrected chi connectivity index (χ0v) is 12.1. The number of phenolic OH excluding ortho intramolecular Hbond substituents is 1. The summed E-state index contributed by atoms with van der Waals surface area (Å²) in [6.45, 7) is 0. The molecule has 0 fully saturated rings. The van der Waals surface area contributed by atoms with E-state index >= 15 is 0 Å². The van der Waals surface area contributed by atoms with Crippen LogP contribution in [0.2, 0.25) is 0 Å². The summed E-state index contributed by atoms with van der Waals surface area (Å²) < 4.78 is 0. The largest absolute Gasteiger partial charge is 0.508 e. The Morgan fingerprint density at radius 2 is 1.09 bits per heavy atom. The van der Waals surface area contributed by atoms with Gasteiger partial charge < -0.3 is 10.8 Å². The average Bonchev–Trinajstić information content (AvgIpc) is 2.54. The summed E-state index contributed by atoms with van der Waals surface area (Å²) in [7, 11) is 0. The van der Waals surface area contributed by atoms with Crippen LogP contribution < -0.4 is 5.73 Å². The lowest BCUT2D eigenvalue weighted by molar-refractivity contribution is 0.476. The fourth-order valence-electron chi connectivity index (χ4n) is 2.38. The van der Waals surface area contributed by atoms with E-state index in [1.165, 1.54) is 10.8 Å². The van der Waals surface area contributed by atoms with Gasteiger partial charge in [-0.1, -0.05) is 48.5 Å². The molecule has 0 aliphatic rings. The summed E-state index contributed by atoms with van der Waals surface area (Å²) in [6, 6.07) is 27.4. The van der Waals surface area contributed by atoms with Gasteiger partial charge in [0.1, 0.15) is 5.75 Å². The van der Waals surface area contributed by atoms with Crippen molar-refractivity contribution in [1.29, 1.82) is 0 Å². The van der Waals surface area contributed by atoms with Crippen molar-refractivity contribution in [3.05, 3.63) is 84.9 Å². The molecule has 0 saturated carbocycles. The Hall–Kier alpha value is -3.00. The van der Waals surface area contributed by atoms with Crippen molar-refractivity contribution in [1.82, 2.24) is 0 Å². The van der Waals surface area contributed by atoms with Gasteiger partial charge in [-0.15, -0.1) is 0 Å². The lowest BCUT2D eigenvalue weighted by Gasteiger charge is -2.02. The molecule has 0 aliphatic heterocycles. The molecular weight excluding hydrogens is 270 g/mol. The van der Waals surface area contributed by atoms with E-state index in [4.69, 9.17) is 5.73 Å². The minimum Gasteiger partial charge on any atom is -0.508 e. The van der Waals surface area contributed by atoms with Gasteiger partial charge in [0.2, 0.25) is 0 Å². The molecule has 0 saturated heterocycles. The Balaban J connectivity index is 0.000000174. The molecule has 0 heterocycles. The predicted octanol–water partition coefficient (Wildman–Crippen LogP) is 4.97. The smallest absolute Gasteiger partial charge is 0.116 e. The molecular formula is C20H17NO. The van der Waals surface area contributed by atoms with Gasteiger partial charge in [-0.05, 0) is 57.9 Å². The minimum atomic E-state index is 0.317. The Morgan fingerprint density at radius 3 is 1.68 bits per heavy atom. The first-order chi connectivity index (χ1) is 10.7. The Morgan fingerprint density at radius 1 is 0.545 bits per heavy atom. The second-order valence-electron chi connectivity index (χ2n) is 5.14. The van der Waals surface area contributed by atoms with Gasteiger partial charge in [0.25, 0.3) is 0 Å². The first kappa shape index (κ1) is 14.0. The van der Waals surface area contributed by atoms with Crippen LogP contribution in [0.15, 0.2) is 84.9 Å². The van der Waals surface area contributed by atoms with E-state index in [9.17, 15) is 5.11 Å². The highest BCUT2D eigenvalue weighted by molar-refractivity contribution is 5.98. The average molecular weight is 287 g/mol. The molecule has 108 valence electrons. The highest BCUT2D eigenvalue weighted by Gasteiger charge is 1.98. The molecule has 3 N–H and O–H groups in total. The van der Waals surface area contributed by atoms with Gasteiger partial charge in [0.15, 0.2) is 0 Å². The molecule has 4 aromatic carbocycles. The van der Waals surface area contributed by atoms with Crippen LogP contribution in [0.3, 0.4) is 0 Å². The number of anilines is 1. The second kappa shape index (κ2) is 6.19. The summed E-state index contributed by atoms with van der Waals surface area (Å²) >= 11 is 0. The number of rotatable bonds is 0. The molecule has 0 radical (unpaired) electrons. The van der Waals surface area contributed by atoms with Crippen molar-refractivity contribution < 1.29 is 5.11 Å². The van der Waals surface area contributed by atoms with Crippen LogP contribution in [0, 0.1) is 0 Å². The normalized spacial score (nSPS) is 10.2. The number of aromatic hydroxyl groups is 1. The van der Waals surface area contributed by atoms with Crippen LogP contribution in [-0.4, -0.2) is 5.11 Å². The van der Waals surface area contributed by atoms with Gasteiger partial charge >= 0.3 is 0 Å². The SMILES string of the molecule is Nc1ccccc1.Oc1ccc2cc3ccccc3cc2c1. The molecule has 0 bridgehead atoms. The maximum Gasteiger partial charge on any atom is 0.116 e. The quantitative estimate of drug-likeness (QED) is 0.354. The van der Waals surface area contributed by atoms with E-state index in [2.05, 4.69) is 24.3 Å². The van der Waals surface area contributed by atoms with Crippen LogP contribution in [0.4, 0.5) is 5.69 Å². The number of benzene rings is 4. The lowest BCUT2D eigenvalue weighted by Crippen LogP contribution is -1.79. The first-order valence-electron chi connectivity index (χ1n) is 7.14. The standard InChI is InChI=1S/C14H10O.C6H7N/c15-14-6-5-12-7-10-3-1-2-4-11(10)8-13(12)9-14;7-6-4-2-1-3-5-6/h1-9,15H;1-5H,7H2. The monoisotopic (exact) mass is 287 g/mol. The molecule has 0 aliphatic carbocycles. The molecule has 2 heteroatoms. The lowest BCUT2D eigenvalue weighted by atomic mass is 10.0. The number of nitrogen functional groups attached to an aromatic ring is 1. The molecule has 0 atom stereocenters. The van der Waals surface area contributed by atoms with E-state index in [0.29, 0.717) is 5.75 Å².